The first kappa shape index (κ1) is 13.6. The van der Waals surface area contributed by atoms with Gasteiger partial charge in [-0.2, -0.15) is 0 Å². The summed E-state index contributed by atoms with van der Waals surface area (Å²) in [7, 11) is 0. The third-order valence-electron chi connectivity index (χ3n) is 2.12. The van der Waals surface area contributed by atoms with Crippen molar-refractivity contribution in [3.8, 4) is 0 Å². The average Bonchev–Trinajstić information content (AvgIpc) is 2.72. The van der Waals surface area contributed by atoms with E-state index in [0.29, 0.717) is 6.54 Å². The lowest BCUT2D eigenvalue weighted by Gasteiger charge is -2.08. The number of thiazole rings is 1. The van der Waals surface area contributed by atoms with Gasteiger partial charge in [0.1, 0.15) is 5.01 Å². The molecule has 0 aliphatic heterocycles. The number of hydrogen-bond acceptors (Lipinski definition) is 5. The van der Waals surface area contributed by atoms with Crippen molar-refractivity contribution in [2.75, 3.05) is 0 Å². The molecule has 0 radical (unpaired) electrons. The first-order valence-corrected chi connectivity index (χ1v) is 6.09. The number of aryl methyl sites for hydroxylation is 1. The number of amides is 2. The van der Waals surface area contributed by atoms with E-state index in [1.165, 1.54) is 0 Å². The molecule has 0 aliphatic carbocycles. The molecule has 0 spiro atoms. The number of carbonyl (C=O) groups excluding carboxylic acids is 2. The molecule has 0 bridgehead atoms. The van der Waals surface area contributed by atoms with E-state index in [4.69, 9.17) is 11.5 Å². The maximum atomic E-state index is 11.5. The first-order valence-electron chi connectivity index (χ1n) is 5.28. The smallest absolute Gasteiger partial charge is 0.237 e. The van der Waals surface area contributed by atoms with Gasteiger partial charge in [0.2, 0.25) is 11.8 Å². The average molecular weight is 256 g/mol. The Morgan fingerprint density at radius 3 is 2.82 bits per heavy atom. The Kier molecular flexibility index (Phi) is 5.05. The molecule has 0 fully saturated rings. The minimum atomic E-state index is -0.891. The predicted molar refractivity (Wildman–Crippen MR) is 65.1 cm³/mol. The second-order valence-electron chi connectivity index (χ2n) is 3.57. The lowest BCUT2D eigenvalue weighted by Crippen LogP contribution is -2.42. The van der Waals surface area contributed by atoms with Crippen molar-refractivity contribution in [3.05, 3.63) is 16.1 Å². The van der Waals surface area contributed by atoms with Gasteiger partial charge in [-0.1, -0.05) is 6.92 Å². The first-order chi connectivity index (χ1) is 8.02. The standard InChI is InChI=1S/C10H16N4O2S/c1-2-6-4-13-9(17-6)5-14-10(16)7(11)3-8(12)15/h4,7H,2-3,5,11H2,1H3,(H2,12,15)(H,14,16). The summed E-state index contributed by atoms with van der Waals surface area (Å²) in [6, 6.07) is -0.891. The van der Waals surface area contributed by atoms with Crippen molar-refractivity contribution >= 4 is 23.2 Å². The second-order valence-corrected chi connectivity index (χ2v) is 4.77. The molecule has 6 nitrogen and oxygen atoms in total. The van der Waals surface area contributed by atoms with E-state index in [1.807, 2.05) is 6.92 Å². The lowest BCUT2D eigenvalue weighted by molar-refractivity contribution is -0.126. The molecule has 1 unspecified atom stereocenters. The minimum Gasteiger partial charge on any atom is -0.370 e. The Labute approximate surface area is 103 Å². The van der Waals surface area contributed by atoms with Gasteiger partial charge < -0.3 is 16.8 Å². The van der Waals surface area contributed by atoms with Gasteiger partial charge in [-0.25, -0.2) is 4.98 Å². The highest BCUT2D eigenvalue weighted by atomic mass is 32.1. The molecule has 2 amide bonds. The van der Waals surface area contributed by atoms with Crippen LogP contribution in [0.1, 0.15) is 23.2 Å². The second kappa shape index (κ2) is 6.31. The Bertz CT molecular complexity index is 405. The molecule has 1 heterocycles. The number of rotatable bonds is 6. The van der Waals surface area contributed by atoms with Crippen molar-refractivity contribution in [1.82, 2.24) is 10.3 Å². The van der Waals surface area contributed by atoms with Crippen LogP contribution in [0.2, 0.25) is 0 Å². The Hall–Kier alpha value is -1.47. The topological polar surface area (TPSA) is 111 Å². The molecule has 1 atom stereocenters. The van der Waals surface area contributed by atoms with Crippen LogP contribution in [-0.4, -0.2) is 22.8 Å². The highest BCUT2D eigenvalue weighted by molar-refractivity contribution is 7.11. The summed E-state index contributed by atoms with van der Waals surface area (Å²) in [4.78, 5) is 27.4. The maximum absolute atomic E-state index is 11.5. The van der Waals surface area contributed by atoms with E-state index in [0.717, 1.165) is 16.3 Å². The fraction of sp³-hybridized carbons (Fsp3) is 0.500. The summed E-state index contributed by atoms with van der Waals surface area (Å²) in [6.07, 6.45) is 2.56. The van der Waals surface area contributed by atoms with Crippen LogP contribution in [0.3, 0.4) is 0 Å². The van der Waals surface area contributed by atoms with Crippen molar-refractivity contribution in [1.29, 1.82) is 0 Å². The van der Waals surface area contributed by atoms with Crippen molar-refractivity contribution in [2.24, 2.45) is 11.5 Å². The molecule has 1 rings (SSSR count). The predicted octanol–water partition coefficient (Wildman–Crippen LogP) is -0.476. The molecule has 0 aromatic carbocycles. The van der Waals surface area contributed by atoms with Crippen LogP contribution < -0.4 is 16.8 Å². The summed E-state index contributed by atoms with van der Waals surface area (Å²) in [5.74, 6) is -0.979. The fourth-order valence-corrected chi connectivity index (χ4v) is 2.00. The van der Waals surface area contributed by atoms with E-state index in [1.54, 1.807) is 17.5 Å². The monoisotopic (exact) mass is 256 g/mol. The molecule has 94 valence electrons. The van der Waals surface area contributed by atoms with Gasteiger partial charge in [-0.15, -0.1) is 11.3 Å². The third-order valence-corrected chi connectivity index (χ3v) is 3.26. The van der Waals surface area contributed by atoms with Crippen LogP contribution in [-0.2, 0) is 22.6 Å². The highest BCUT2D eigenvalue weighted by Gasteiger charge is 2.15. The zero-order chi connectivity index (χ0) is 12.8. The van der Waals surface area contributed by atoms with Gasteiger partial charge in [0.25, 0.3) is 0 Å². The summed E-state index contributed by atoms with van der Waals surface area (Å²) >= 11 is 1.54. The maximum Gasteiger partial charge on any atom is 0.237 e. The molecular formula is C10H16N4O2S. The van der Waals surface area contributed by atoms with Crippen molar-refractivity contribution in [3.63, 3.8) is 0 Å². The molecular weight excluding hydrogens is 240 g/mol. The van der Waals surface area contributed by atoms with Gasteiger partial charge in [0.15, 0.2) is 0 Å². The number of primary amides is 1. The van der Waals surface area contributed by atoms with E-state index >= 15 is 0 Å². The summed E-state index contributed by atoms with van der Waals surface area (Å²) < 4.78 is 0. The highest BCUT2D eigenvalue weighted by Crippen LogP contribution is 2.12. The molecule has 5 N–H and O–H groups in total. The van der Waals surface area contributed by atoms with Crippen LogP contribution in [0.15, 0.2) is 6.20 Å². The number of aromatic nitrogens is 1. The zero-order valence-corrected chi connectivity index (χ0v) is 10.4. The number of nitrogens with one attached hydrogen (secondary N) is 1. The normalized spacial score (nSPS) is 12.1. The molecule has 0 aliphatic rings. The van der Waals surface area contributed by atoms with Crippen molar-refractivity contribution < 1.29 is 9.59 Å². The largest absolute Gasteiger partial charge is 0.370 e. The fourth-order valence-electron chi connectivity index (χ4n) is 1.20. The molecule has 1 aromatic heterocycles. The van der Waals surface area contributed by atoms with Crippen LogP contribution >= 0.6 is 11.3 Å². The lowest BCUT2D eigenvalue weighted by atomic mass is 10.2. The quantitative estimate of drug-likeness (QED) is 0.638. The van der Waals surface area contributed by atoms with Crippen LogP contribution in [0.4, 0.5) is 0 Å². The number of nitrogens with zero attached hydrogens (tertiary/aromatic N) is 1. The van der Waals surface area contributed by atoms with Crippen LogP contribution in [0.25, 0.3) is 0 Å². The molecule has 17 heavy (non-hydrogen) atoms. The Balaban J connectivity index is 2.39. The van der Waals surface area contributed by atoms with Crippen LogP contribution in [0, 0.1) is 0 Å². The molecule has 7 heteroatoms. The Morgan fingerprint density at radius 1 is 1.59 bits per heavy atom. The van der Waals surface area contributed by atoms with Crippen molar-refractivity contribution in [2.45, 2.75) is 32.4 Å². The molecule has 1 aromatic rings. The number of carbonyl (C=O) groups is 2. The summed E-state index contributed by atoms with van der Waals surface area (Å²) in [5.41, 5.74) is 10.4. The van der Waals surface area contributed by atoms with E-state index < -0.39 is 17.9 Å². The molecule has 0 saturated heterocycles. The minimum absolute atomic E-state index is 0.149. The van der Waals surface area contributed by atoms with Gasteiger partial charge in [0.05, 0.1) is 19.0 Å². The number of hydrogen-bond donors (Lipinski definition) is 3. The van der Waals surface area contributed by atoms with Gasteiger partial charge in [0, 0.05) is 11.1 Å². The van der Waals surface area contributed by atoms with Gasteiger partial charge >= 0.3 is 0 Å². The van der Waals surface area contributed by atoms with Crippen LogP contribution in [0.5, 0.6) is 0 Å². The summed E-state index contributed by atoms with van der Waals surface area (Å²) in [6.45, 7) is 2.37. The summed E-state index contributed by atoms with van der Waals surface area (Å²) in [5, 5.41) is 3.44. The zero-order valence-electron chi connectivity index (χ0n) is 9.60. The van der Waals surface area contributed by atoms with Gasteiger partial charge in [-0.3, -0.25) is 9.59 Å². The Morgan fingerprint density at radius 2 is 2.29 bits per heavy atom. The number of nitrogens with two attached hydrogens (primary N) is 2. The van der Waals surface area contributed by atoms with E-state index in [2.05, 4.69) is 10.3 Å². The molecule has 0 saturated carbocycles. The SMILES string of the molecule is CCc1cnc(CNC(=O)C(N)CC(N)=O)s1. The van der Waals surface area contributed by atoms with Gasteiger partial charge in [-0.05, 0) is 6.42 Å². The third kappa shape index (κ3) is 4.49. The van der Waals surface area contributed by atoms with E-state index in [9.17, 15) is 9.59 Å². The van der Waals surface area contributed by atoms with E-state index in [-0.39, 0.29) is 6.42 Å².